The number of rotatable bonds is 7. The summed E-state index contributed by atoms with van der Waals surface area (Å²) in [6.45, 7) is 15.3. The number of hydrogen-bond acceptors (Lipinski definition) is 3. The van der Waals surface area contributed by atoms with Crippen molar-refractivity contribution in [3.8, 4) is 0 Å². The van der Waals surface area contributed by atoms with Gasteiger partial charge in [-0.1, -0.05) is 46.3 Å². The van der Waals surface area contributed by atoms with Crippen LogP contribution in [0.4, 0.5) is 0 Å². The zero-order chi connectivity index (χ0) is 17.9. The first-order chi connectivity index (χ1) is 10.2. The van der Waals surface area contributed by atoms with E-state index in [0.717, 1.165) is 6.42 Å². The molecule has 0 aliphatic heterocycles. The van der Waals surface area contributed by atoms with Gasteiger partial charge in [0.25, 0.3) is 0 Å². The molecule has 5 nitrogen and oxygen atoms in total. The highest BCUT2D eigenvalue weighted by molar-refractivity contribution is 5.85. The van der Waals surface area contributed by atoms with Gasteiger partial charge in [0, 0.05) is 19.0 Å². The van der Waals surface area contributed by atoms with Gasteiger partial charge >= 0.3 is 0 Å². The highest BCUT2D eigenvalue weighted by atomic mass is 16.6. The topological polar surface area (TPSA) is 72.2 Å². The lowest BCUT2D eigenvalue weighted by molar-refractivity contribution is -0.425. The van der Waals surface area contributed by atoms with Crippen LogP contribution in [-0.2, 0) is 4.79 Å². The Hall–Kier alpha value is -1.65. The maximum atomic E-state index is 12.1. The summed E-state index contributed by atoms with van der Waals surface area (Å²) in [4.78, 5) is 22.8. The highest BCUT2D eigenvalue weighted by Crippen LogP contribution is 2.31. The number of nitrogens with one attached hydrogen (secondary N) is 1. The average molecular weight is 312 g/mol. The van der Waals surface area contributed by atoms with E-state index < -0.39 is 10.3 Å². The Balaban J connectivity index is 0. The molecule has 0 rings (SSSR count). The molecule has 128 valence electrons. The van der Waals surface area contributed by atoms with Gasteiger partial charge in [-0.05, 0) is 26.7 Å². The molecule has 0 spiro atoms. The molecule has 0 heterocycles. The zero-order valence-electron chi connectivity index (χ0n) is 15.3. The van der Waals surface area contributed by atoms with Crippen LogP contribution in [0.3, 0.4) is 0 Å². The first kappa shape index (κ1) is 22.6. The van der Waals surface area contributed by atoms with E-state index in [1.165, 1.54) is 6.92 Å². The zero-order valence-corrected chi connectivity index (χ0v) is 15.3. The molecular formula is C17H32N2O3. The fourth-order valence-corrected chi connectivity index (χ4v) is 1.78. The third-order valence-electron chi connectivity index (χ3n) is 3.48. The molecule has 0 aliphatic rings. The molecule has 0 fully saturated rings. The Morgan fingerprint density at radius 1 is 1.32 bits per heavy atom. The van der Waals surface area contributed by atoms with E-state index in [1.54, 1.807) is 19.9 Å². The van der Waals surface area contributed by atoms with Crippen LogP contribution in [0.2, 0.25) is 0 Å². The molecule has 22 heavy (non-hydrogen) atoms. The van der Waals surface area contributed by atoms with Gasteiger partial charge in [0.1, 0.15) is 0 Å². The summed E-state index contributed by atoms with van der Waals surface area (Å²) in [6, 6.07) is 0. The molecule has 0 saturated carbocycles. The van der Waals surface area contributed by atoms with Crippen molar-refractivity contribution in [3.05, 3.63) is 33.5 Å². The molecule has 1 amide bonds. The Labute approximate surface area is 135 Å². The minimum absolute atomic E-state index is 0.0146. The quantitative estimate of drug-likeness (QED) is 0.432. The van der Waals surface area contributed by atoms with E-state index in [4.69, 9.17) is 0 Å². The number of nitro groups is 1. The summed E-state index contributed by atoms with van der Waals surface area (Å²) < 4.78 is 0. The van der Waals surface area contributed by atoms with Gasteiger partial charge in [-0.25, -0.2) is 0 Å². The predicted molar refractivity (Wildman–Crippen MR) is 92.1 cm³/mol. The number of hydrogen-bond donors (Lipinski definition) is 1. The van der Waals surface area contributed by atoms with E-state index in [9.17, 15) is 14.9 Å². The van der Waals surface area contributed by atoms with Crippen molar-refractivity contribution < 1.29 is 9.72 Å². The first-order valence-corrected chi connectivity index (χ1v) is 8.00. The summed E-state index contributed by atoms with van der Waals surface area (Å²) >= 11 is 0. The summed E-state index contributed by atoms with van der Waals surface area (Å²) in [6.07, 6.45) is 4.59. The van der Waals surface area contributed by atoms with Crippen molar-refractivity contribution in [1.82, 2.24) is 5.32 Å². The third-order valence-corrected chi connectivity index (χ3v) is 3.48. The van der Waals surface area contributed by atoms with Crippen LogP contribution in [0.15, 0.2) is 23.4 Å². The maximum absolute atomic E-state index is 12.1. The standard InChI is InChI=1S/C15H26N2O3.C2H6/c1-7-11(3)9-10-13(12(4)17(19)20)15(5,6)14(18)16-8-2;1-2/h9-11H,7-8H2,1-6H3,(H,16,18);1-2H3/b10-9-,13-12-;. The monoisotopic (exact) mass is 312 g/mol. The van der Waals surface area contributed by atoms with Gasteiger partial charge in [0.15, 0.2) is 0 Å². The Kier molecular flexibility index (Phi) is 11.3. The van der Waals surface area contributed by atoms with Crippen LogP contribution in [0.25, 0.3) is 0 Å². The van der Waals surface area contributed by atoms with Gasteiger partial charge in [0.05, 0.1) is 10.3 Å². The van der Waals surface area contributed by atoms with Crippen molar-refractivity contribution in [2.24, 2.45) is 11.3 Å². The van der Waals surface area contributed by atoms with Crippen molar-refractivity contribution in [1.29, 1.82) is 0 Å². The van der Waals surface area contributed by atoms with Crippen molar-refractivity contribution in [2.45, 2.75) is 61.8 Å². The summed E-state index contributed by atoms with van der Waals surface area (Å²) in [5.41, 5.74) is -0.466. The molecule has 1 unspecified atom stereocenters. The Bertz CT molecular complexity index is 424. The van der Waals surface area contributed by atoms with Crippen LogP contribution in [0.5, 0.6) is 0 Å². The Morgan fingerprint density at radius 2 is 1.82 bits per heavy atom. The largest absolute Gasteiger partial charge is 0.356 e. The minimum Gasteiger partial charge on any atom is -0.356 e. The second kappa shape index (κ2) is 11.0. The SMILES string of the molecule is CC.CCNC(=O)C(C)(C)C(/C=C\C(C)CC)=C(/C)[N+](=O)[O-]. The van der Waals surface area contributed by atoms with Crippen LogP contribution in [-0.4, -0.2) is 17.4 Å². The van der Waals surface area contributed by atoms with Crippen molar-refractivity contribution >= 4 is 5.91 Å². The van der Waals surface area contributed by atoms with Crippen molar-refractivity contribution in [2.75, 3.05) is 6.54 Å². The van der Waals surface area contributed by atoms with Gasteiger partial charge in [-0.2, -0.15) is 0 Å². The fourth-order valence-electron chi connectivity index (χ4n) is 1.78. The molecule has 0 bridgehead atoms. The molecule has 0 radical (unpaired) electrons. The number of nitrogens with zero attached hydrogens (tertiary/aromatic N) is 1. The van der Waals surface area contributed by atoms with Crippen LogP contribution < -0.4 is 5.32 Å². The Morgan fingerprint density at radius 3 is 2.18 bits per heavy atom. The molecule has 0 aliphatic carbocycles. The van der Waals surface area contributed by atoms with E-state index >= 15 is 0 Å². The normalized spacial score (nSPS) is 13.8. The number of allylic oxidation sites excluding steroid dienone is 3. The lowest BCUT2D eigenvalue weighted by atomic mass is 9.81. The molecule has 0 aromatic rings. The minimum atomic E-state index is -0.933. The summed E-state index contributed by atoms with van der Waals surface area (Å²) in [7, 11) is 0. The number of carbonyl (C=O) groups excluding carboxylic acids is 1. The lowest BCUT2D eigenvalue weighted by Gasteiger charge is -2.24. The molecule has 0 aromatic heterocycles. The van der Waals surface area contributed by atoms with Gasteiger partial charge in [-0.3, -0.25) is 14.9 Å². The molecule has 1 N–H and O–H groups in total. The van der Waals surface area contributed by atoms with Crippen molar-refractivity contribution in [3.63, 3.8) is 0 Å². The van der Waals surface area contributed by atoms with Gasteiger partial charge in [-0.15, -0.1) is 0 Å². The second-order valence-electron chi connectivity index (χ2n) is 5.49. The first-order valence-electron chi connectivity index (χ1n) is 8.00. The summed E-state index contributed by atoms with van der Waals surface area (Å²) in [5, 5.41) is 13.8. The van der Waals surface area contributed by atoms with E-state index in [0.29, 0.717) is 18.0 Å². The smallest absolute Gasteiger partial charge is 0.247 e. The number of amides is 1. The lowest BCUT2D eigenvalue weighted by Crippen LogP contribution is -2.38. The third kappa shape index (κ3) is 6.87. The van der Waals surface area contributed by atoms with Gasteiger partial charge < -0.3 is 5.32 Å². The number of carbonyl (C=O) groups is 1. The van der Waals surface area contributed by atoms with E-state index in [-0.39, 0.29) is 11.6 Å². The molecular weight excluding hydrogens is 280 g/mol. The molecule has 0 aromatic carbocycles. The highest BCUT2D eigenvalue weighted by Gasteiger charge is 2.35. The van der Waals surface area contributed by atoms with E-state index in [1.807, 2.05) is 40.7 Å². The van der Waals surface area contributed by atoms with Crippen LogP contribution in [0, 0.1) is 21.4 Å². The predicted octanol–water partition coefficient (Wildman–Crippen LogP) is 4.33. The van der Waals surface area contributed by atoms with Gasteiger partial charge in [0.2, 0.25) is 11.6 Å². The second-order valence-corrected chi connectivity index (χ2v) is 5.49. The van der Waals surface area contributed by atoms with Crippen LogP contribution in [0.1, 0.15) is 61.8 Å². The van der Waals surface area contributed by atoms with E-state index in [2.05, 4.69) is 5.32 Å². The molecule has 0 saturated heterocycles. The fraction of sp³-hybridized carbons (Fsp3) is 0.706. The maximum Gasteiger partial charge on any atom is 0.247 e. The summed E-state index contributed by atoms with van der Waals surface area (Å²) in [5.74, 6) is 0.111. The van der Waals surface area contributed by atoms with Crippen LogP contribution >= 0.6 is 0 Å². The molecule has 5 heteroatoms. The average Bonchev–Trinajstić information content (AvgIpc) is 2.48. The molecule has 1 atom stereocenters.